The molecule has 1 atom stereocenters. The van der Waals surface area contributed by atoms with E-state index in [1.165, 1.54) is 35.2 Å². The van der Waals surface area contributed by atoms with Gasteiger partial charge >= 0.3 is 6.61 Å². The van der Waals surface area contributed by atoms with Crippen molar-refractivity contribution in [3.8, 4) is 5.75 Å². The van der Waals surface area contributed by atoms with Gasteiger partial charge in [-0.05, 0) is 31.2 Å². The number of alkyl halides is 2. The molecule has 1 N–H and O–H groups in total. The number of carbonyl (C=O) groups is 1. The van der Waals surface area contributed by atoms with Crippen molar-refractivity contribution in [1.82, 2.24) is 4.98 Å². The fraction of sp³-hybridized carbons (Fsp3) is 0.176. The Balaban J connectivity index is 1.68. The van der Waals surface area contributed by atoms with E-state index >= 15 is 0 Å². The number of rotatable bonds is 6. The number of aromatic nitrogens is 1. The second kappa shape index (κ2) is 7.79. The Morgan fingerprint density at radius 3 is 2.68 bits per heavy atom. The molecule has 3 aromatic rings. The maximum absolute atomic E-state index is 12.4. The van der Waals surface area contributed by atoms with Crippen LogP contribution in [0.2, 0.25) is 0 Å². The average molecular weight is 380 g/mol. The third kappa shape index (κ3) is 4.46. The number of ether oxygens (including phenoxy) is 1. The van der Waals surface area contributed by atoms with Crippen LogP contribution < -0.4 is 10.1 Å². The largest absolute Gasteiger partial charge is 0.433 e. The number of nitrogens with one attached hydrogen (secondary N) is 1. The molecule has 1 amide bonds. The summed E-state index contributed by atoms with van der Waals surface area (Å²) in [4.78, 5) is 16.8. The van der Waals surface area contributed by atoms with Gasteiger partial charge in [-0.2, -0.15) is 8.78 Å². The molecule has 0 aliphatic heterocycles. The summed E-state index contributed by atoms with van der Waals surface area (Å²) in [6.45, 7) is -1.21. The van der Waals surface area contributed by atoms with Crippen molar-refractivity contribution in [2.45, 2.75) is 23.1 Å². The van der Waals surface area contributed by atoms with Crippen LogP contribution in [-0.4, -0.2) is 22.8 Å². The normalized spacial score (nSPS) is 12.3. The minimum Gasteiger partial charge on any atom is -0.433 e. The molecule has 0 spiro atoms. The third-order valence-corrected chi connectivity index (χ3v) is 5.51. The number of fused-ring (bicyclic) bond motifs is 1. The van der Waals surface area contributed by atoms with Gasteiger partial charge in [0.15, 0.2) is 4.34 Å². The zero-order chi connectivity index (χ0) is 17.8. The number of halogens is 2. The summed E-state index contributed by atoms with van der Waals surface area (Å²) in [5.74, 6) is -0.377. The number of hydrogen-bond acceptors (Lipinski definition) is 5. The lowest BCUT2D eigenvalue weighted by atomic mass is 10.3. The van der Waals surface area contributed by atoms with Gasteiger partial charge in [0.2, 0.25) is 5.91 Å². The van der Waals surface area contributed by atoms with E-state index in [4.69, 9.17) is 0 Å². The number of thiazole rings is 1. The number of anilines is 1. The SMILES string of the molecule is CC(Sc1nc2ccccc2s1)C(=O)Nc1ccccc1OC(F)F. The molecule has 3 rings (SSSR count). The zero-order valence-electron chi connectivity index (χ0n) is 13.1. The highest BCUT2D eigenvalue weighted by Gasteiger charge is 2.19. The van der Waals surface area contributed by atoms with Crippen molar-refractivity contribution in [1.29, 1.82) is 0 Å². The van der Waals surface area contributed by atoms with E-state index in [2.05, 4.69) is 15.0 Å². The van der Waals surface area contributed by atoms with Crippen LogP contribution in [0.5, 0.6) is 5.75 Å². The van der Waals surface area contributed by atoms with E-state index in [0.717, 1.165) is 14.6 Å². The number of amides is 1. The summed E-state index contributed by atoms with van der Waals surface area (Å²) in [5.41, 5.74) is 1.10. The molecule has 0 saturated heterocycles. The molecule has 0 saturated carbocycles. The van der Waals surface area contributed by atoms with Crippen LogP contribution >= 0.6 is 23.1 Å². The summed E-state index contributed by atoms with van der Waals surface area (Å²) in [6, 6.07) is 13.8. The topological polar surface area (TPSA) is 51.2 Å². The maximum Gasteiger partial charge on any atom is 0.387 e. The fourth-order valence-corrected chi connectivity index (χ4v) is 4.32. The molecular weight excluding hydrogens is 366 g/mol. The van der Waals surface area contributed by atoms with E-state index < -0.39 is 11.9 Å². The first-order valence-corrected chi connectivity index (χ1v) is 9.09. The smallest absolute Gasteiger partial charge is 0.387 e. The Labute approximate surface area is 151 Å². The number of para-hydroxylation sites is 3. The second-order valence-electron chi connectivity index (χ2n) is 5.07. The Kier molecular flexibility index (Phi) is 5.50. The summed E-state index contributed by atoms with van der Waals surface area (Å²) in [5, 5.41) is 2.18. The standard InChI is InChI=1S/C17H14F2N2O2S2/c1-10(24-17-21-12-7-3-5-9-14(12)25-17)15(22)20-11-6-2-4-8-13(11)23-16(18)19/h2-10,16H,1H3,(H,20,22). The average Bonchev–Trinajstić information content (AvgIpc) is 2.98. The lowest BCUT2D eigenvalue weighted by molar-refractivity contribution is -0.115. The van der Waals surface area contributed by atoms with Gasteiger partial charge in [-0.1, -0.05) is 36.0 Å². The first-order valence-electron chi connectivity index (χ1n) is 7.40. The Morgan fingerprint density at radius 1 is 1.20 bits per heavy atom. The molecular formula is C17H14F2N2O2S2. The molecule has 1 unspecified atom stereocenters. The van der Waals surface area contributed by atoms with Crippen LogP contribution in [0.15, 0.2) is 52.9 Å². The van der Waals surface area contributed by atoms with E-state index in [-0.39, 0.29) is 17.3 Å². The Hall–Kier alpha value is -2.19. The van der Waals surface area contributed by atoms with Gasteiger partial charge in [0, 0.05) is 0 Å². The van der Waals surface area contributed by atoms with Crippen LogP contribution in [-0.2, 0) is 4.79 Å². The first-order chi connectivity index (χ1) is 12.0. The quantitative estimate of drug-likeness (QED) is 0.610. The lowest BCUT2D eigenvalue weighted by Crippen LogP contribution is -2.23. The summed E-state index contributed by atoms with van der Waals surface area (Å²) >= 11 is 2.83. The van der Waals surface area contributed by atoms with Gasteiger partial charge in [-0.15, -0.1) is 11.3 Å². The Morgan fingerprint density at radius 2 is 1.92 bits per heavy atom. The van der Waals surface area contributed by atoms with E-state index in [1.807, 2.05) is 24.3 Å². The molecule has 1 heterocycles. The molecule has 0 aliphatic rings. The number of thioether (sulfide) groups is 1. The summed E-state index contributed by atoms with van der Waals surface area (Å²) in [6.07, 6.45) is 0. The highest BCUT2D eigenvalue weighted by atomic mass is 32.2. The van der Waals surface area contributed by atoms with Gasteiger partial charge in [-0.25, -0.2) is 4.98 Å². The van der Waals surface area contributed by atoms with E-state index in [1.54, 1.807) is 19.1 Å². The monoisotopic (exact) mass is 380 g/mol. The van der Waals surface area contributed by atoms with E-state index in [9.17, 15) is 13.6 Å². The Bertz CT molecular complexity index is 853. The second-order valence-corrected chi connectivity index (χ2v) is 7.69. The highest BCUT2D eigenvalue weighted by Crippen LogP contribution is 2.33. The van der Waals surface area contributed by atoms with Gasteiger partial charge in [-0.3, -0.25) is 4.79 Å². The number of benzene rings is 2. The predicted octanol–water partition coefficient (Wildman–Crippen LogP) is 5.02. The zero-order valence-corrected chi connectivity index (χ0v) is 14.7. The molecule has 1 aromatic heterocycles. The van der Waals surface area contributed by atoms with Crippen molar-refractivity contribution in [3.63, 3.8) is 0 Å². The van der Waals surface area contributed by atoms with Gasteiger partial charge < -0.3 is 10.1 Å². The van der Waals surface area contributed by atoms with Crippen molar-refractivity contribution >= 4 is 44.9 Å². The molecule has 4 nitrogen and oxygen atoms in total. The number of nitrogens with zero attached hydrogens (tertiary/aromatic N) is 1. The lowest BCUT2D eigenvalue weighted by Gasteiger charge is -2.14. The molecule has 0 bridgehead atoms. The minimum atomic E-state index is -2.95. The summed E-state index contributed by atoms with van der Waals surface area (Å²) < 4.78 is 31.1. The molecule has 0 radical (unpaired) electrons. The van der Waals surface area contributed by atoms with Crippen LogP contribution in [0, 0.1) is 0 Å². The number of carbonyl (C=O) groups excluding carboxylic acids is 1. The van der Waals surface area contributed by atoms with Crippen molar-refractivity contribution in [2.24, 2.45) is 0 Å². The van der Waals surface area contributed by atoms with Crippen LogP contribution in [0.4, 0.5) is 14.5 Å². The van der Waals surface area contributed by atoms with Crippen molar-refractivity contribution < 1.29 is 18.3 Å². The van der Waals surface area contributed by atoms with Gasteiger partial charge in [0.05, 0.1) is 21.2 Å². The molecule has 8 heteroatoms. The molecule has 25 heavy (non-hydrogen) atoms. The van der Waals surface area contributed by atoms with Crippen LogP contribution in [0.25, 0.3) is 10.2 Å². The van der Waals surface area contributed by atoms with Crippen LogP contribution in [0.3, 0.4) is 0 Å². The molecule has 2 aromatic carbocycles. The van der Waals surface area contributed by atoms with Crippen LogP contribution in [0.1, 0.15) is 6.92 Å². The third-order valence-electron chi connectivity index (χ3n) is 3.28. The van der Waals surface area contributed by atoms with E-state index in [0.29, 0.717) is 0 Å². The predicted molar refractivity (Wildman–Crippen MR) is 96.6 cm³/mol. The highest BCUT2D eigenvalue weighted by molar-refractivity contribution is 8.02. The van der Waals surface area contributed by atoms with Gasteiger partial charge in [0.1, 0.15) is 5.75 Å². The fourth-order valence-electron chi connectivity index (χ4n) is 2.11. The number of hydrogen-bond donors (Lipinski definition) is 1. The maximum atomic E-state index is 12.4. The van der Waals surface area contributed by atoms with Gasteiger partial charge in [0.25, 0.3) is 0 Å². The molecule has 0 fully saturated rings. The van der Waals surface area contributed by atoms with Crippen molar-refractivity contribution in [3.05, 3.63) is 48.5 Å². The summed E-state index contributed by atoms with van der Waals surface area (Å²) in [7, 11) is 0. The molecule has 130 valence electrons. The minimum absolute atomic E-state index is 0.0666. The van der Waals surface area contributed by atoms with Crippen molar-refractivity contribution in [2.75, 3.05) is 5.32 Å². The first kappa shape index (κ1) is 17.6. The molecule has 0 aliphatic carbocycles.